The summed E-state index contributed by atoms with van der Waals surface area (Å²) in [6, 6.07) is 133. The van der Waals surface area contributed by atoms with Crippen LogP contribution < -0.4 is 19.6 Å². The molecule has 0 fully saturated rings. The summed E-state index contributed by atoms with van der Waals surface area (Å²) in [5, 5.41) is 0. The van der Waals surface area contributed by atoms with E-state index < -0.39 is 0 Å². The Labute approximate surface area is 552 Å². The molecule has 0 unspecified atom stereocenters. The molecule has 0 atom stereocenters. The van der Waals surface area contributed by atoms with Crippen LogP contribution in [0.2, 0.25) is 0 Å². The molecule has 1 aliphatic carbocycles. The van der Waals surface area contributed by atoms with Crippen LogP contribution in [0.4, 0.5) is 62.6 Å². The first-order valence-electron chi connectivity index (χ1n) is 32.4. The molecular formula is C90H68N4. The van der Waals surface area contributed by atoms with Gasteiger partial charge in [0.1, 0.15) is 0 Å². The van der Waals surface area contributed by atoms with Gasteiger partial charge in [0.25, 0.3) is 0 Å². The summed E-state index contributed by atoms with van der Waals surface area (Å²) >= 11 is 0. The van der Waals surface area contributed by atoms with Crippen molar-refractivity contribution in [2.45, 2.75) is 12.8 Å². The molecule has 0 aliphatic heterocycles. The molecule has 0 bridgehead atoms. The second-order valence-electron chi connectivity index (χ2n) is 23.6. The molecule has 0 radical (unpaired) electrons. The summed E-state index contributed by atoms with van der Waals surface area (Å²) in [5.74, 6) is 0. The molecule has 0 aromatic heterocycles. The first-order chi connectivity index (χ1) is 46.6. The van der Waals surface area contributed by atoms with Crippen molar-refractivity contribution in [2.24, 2.45) is 0 Å². The number of nitrogens with zero attached hydrogens (tertiary/aromatic N) is 4. The van der Waals surface area contributed by atoms with Crippen LogP contribution in [0.3, 0.4) is 0 Å². The summed E-state index contributed by atoms with van der Waals surface area (Å²) in [5.41, 5.74) is 27.5. The highest BCUT2D eigenvalue weighted by atomic mass is 15.2. The Morgan fingerprint density at radius 3 is 0.521 bits per heavy atom. The summed E-state index contributed by atoms with van der Waals surface area (Å²) in [4.78, 5) is 9.34. The number of para-hydroxylation sites is 3. The van der Waals surface area contributed by atoms with Crippen molar-refractivity contribution in [1.29, 1.82) is 0 Å². The van der Waals surface area contributed by atoms with Gasteiger partial charge in [0, 0.05) is 68.3 Å². The topological polar surface area (TPSA) is 13.0 Å². The van der Waals surface area contributed by atoms with E-state index in [-0.39, 0.29) is 0 Å². The van der Waals surface area contributed by atoms with Crippen LogP contribution in [-0.2, 0) is 0 Å². The molecule has 0 heterocycles. The molecule has 14 aromatic carbocycles. The van der Waals surface area contributed by atoms with Gasteiger partial charge < -0.3 is 19.6 Å². The van der Waals surface area contributed by atoms with Crippen molar-refractivity contribution in [3.8, 4) is 66.8 Å². The van der Waals surface area contributed by atoms with Gasteiger partial charge in [-0.1, -0.05) is 249 Å². The van der Waals surface area contributed by atoms with Gasteiger partial charge in [-0.25, -0.2) is 0 Å². The molecule has 0 N–H and O–H groups in total. The van der Waals surface area contributed by atoms with Crippen LogP contribution in [0, 0.1) is 0 Å². The van der Waals surface area contributed by atoms with Gasteiger partial charge in [-0.2, -0.15) is 0 Å². The Morgan fingerprint density at radius 1 is 0.149 bits per heavy atom. The second-order valence-corrected chi connectivity index (χ2v) is 23.6. The molecule has 448 valence electrons. The minimum absolute atomic E-state index is 1.01. The average Bonchev–Trinajstić information content (AvgIpc) is 0.919. The third-order valence-electron chi connectivity index (χ3n) is 17.7. The minimum atomic E-state index is 1.01. The monoisotopic (exact) mass is 1200 g/mol. The van der Waals surface area contributed by atoms with Gasteiger partial charge in [-0.05, 0) is 219 Å². The fraction of sp³-hybridized carbons (Fsp3) is 0.0222. The smallest absolute Gasteiger partial charge is 0.0462 e. The number of anilines is 11. The average molecular weight is 1210 g/mol. The van der Waals surface area contributed by atoms with E-state index >= 15 is 0 Å². The standard InChI is InChI=1S/C90H68N4/c1-7-19-67(20-8-1)71-35-51-83(52-36-71)91(79-23-11-3-12-24-79)87-59-43-75(44-60-87)77-47-63-89(64-48-77)93(81-27-15-5-16-28-81)85-55-39-73(40-56-85)69-31-33-70(34-32-69)74-41-57-86(58-42-74)94(82-29-17-6-18-30-82)90-65-49-78(50-66-90)76-45-61-88(62-46-76)92(80-25-13-4-14-26-80)84-53-37-72(38-54-84)68-21-9-2-10-22-68/h1-5,7-17,19-66H,6,18H2. The van der Waals surface area contributed by atoms with Crippen molar-refractivity contribution < 1.29 is 0 Å². The Kier molecular flexibility index (Phi) is 16.7. The maximum atomic E-state index is 2.38. The molecule has 4 heteroatoms. The SMILES string of the molecule is C1=CC(N(c2ccc(-c3ccc(-c4ccc(N(c5ccccc5)c5ccc(-c6ccc(N(c7ccccc7)c7ccc(-c8ccccc8)cc7)cc6)cc5)cc4)cc3)cc2)c2ccc(-c3ccc(N(c4ccccc4)c4ccc(-c5ccccc5)cc4)cc3)cc2)=CCC1. The van der Waals surface area contributed by atoms with E-state index in [2.05, 4.69) is 408 Å². The Hall–Kier alpha value is -12.2. The Balaban J connectivity index is 0.627. The molecule has 1 aliphatic rings. The molecule has 0 saturated carbocycles. The Bertz CT molecular complexity index is 4830. The van der Waals surface area contributed by atoms with E-state index in [1.54, 1.807) is 0 Å². The number of hydrogen-bond donors (Lipinski definition) is 0. The summed E-state index contributed by atoms with van der Waals surface area (Å²) in [6.07, 6.45) is 8.95. The van der Waals surface area contributed by atoms with E-state index in [0.717, 1.165) is 92.1 Å². The zero-order valence-electron chi connectivity index (χ0n) is 52.2. The maximum absolute atomic E-state index is 2.38. The fourth-order valence-corrected chi connectivity index (χ4v) is 12.8. The number of rotatable bonds is 18. The van der Waals surface area contributed by atoms with E-state index in [9.17, 15) is 0 Å². The number of allylic oxidation sites excluding steroid dienone is 3. The normalized spacial score (nSPS) is 11.8. The van der Waals surface area contributed by atoms with Gasteiger partial charge >= 0.3 is 0 Å². The van der Waals surface area contributed by atoms with Crippen LogP contribution in [0.25, 0.3) is 66.8 Å². The van der Waals surface area contributed by atoms with Crippen LogP contribution in [0.5, 0.6) is 0 Å². The van der Waals surface area contributed by atoms with Crippen LogP contribution in [0.15, 0.2) is 394 Å². The molecule has 94 heavy (non-hydrogen) atoms. The highest BCUT2D eigenvalue weighted by Gasteiger charge is 2.19. The molecule has 15 rings (SSSR count). The first kappa shape index (κ1) is 58.2. The quantitative estimate of drug-likeness (QED) is 0.0849. The molecule has 0 saturated heterocycles. The van der Waals surface area contributed by atoms with E-state index in [4.69, 9.17) is 0 Å². The van der Waals surface area contributed by atoms with Gasteiger partial charge in [-0.15, -0.1) is 0 Å². The molecule has 14 aromatic rings. The Morgan fingerprint density at radius 2 is 0.319 bits per heavy atom. The van der Waals surface area contributed by atoms with E-state index in [1.165, 1.54) is 55.8 Å². The van der Waals surface area contributed by atoms with Crippen LogP contribution in [-0.4, -0.2) is 0 Å². The van der Waals surface area contributed by atoms with Crippen molar-refractivity contribution in [2.75, 3.05) is 19.6 Å². The van der Waals surface area contributed by atoms with Gasteiger partial charge in [0.15, 0.2) is 0 Å². The summed E-state index contributed by atoms with van der Waals surface area (Å²) in [7, 11) is 0. The fourth-order valence-electron chi connectivity index (χ4n) is 12.8. The van der Waals surface area contributed by atoms with Crippen LogP contribution in [0.1, 0.15) is 12.8 Å². The van der Waals surface area contributed by atoms with Crippen molar-refractivity contribution in [3.05, 3.63) is 394 Å². The lowest BCUT2D eigenvalue weighted by Crippen LogP contribution is -2.16. The first-order valence-corrected chi connectivity index (χ1v) is 32.4. The van der Waals surface area contributed by atoms with Crippen LogP contribution >= 0.6 is 0 Å². The highest BCUT2D eigenvalue weighted by Crippen LogP contribution is 2.42. The predicted molar refractivity (Wildman–Crippen MR) is 398 cm³/mol. The summed E-state index contributed by atoms with van der Waals surface area (Å²) < 4.78 is 0. The summed E-state index contributed by atoms with van der Waals surface area (Å²) in [6.45, 7) is 0. The van der Waals surface area contributed by atoms with E-state index in [0.29, 0.717) is 0 Å². The van der Waals surface area contributed by atoms with Gasteiger partial charge in [0.2, 0.25) is 0 Å². The number of benzene rings is 14. The lowest BCUT2D eigenvalue weighted by Gasteiger charge is -2.28. The second kappa shape index (κ2) is 27.1. The van der Waals surface area contributed by atoms with Crippen molar-refractivity contribution in [3.63, 3.8) is 0 Å². The maximum Gasteiger partial charge on any atom is 0.0462 e. The molecule has 0 spiro atoms. The molecule has 0 amide bonds. The third kappa shape index (κ3) is 12.7. The van der Waals surface area contributed by atoms with Gasteiger partial charge in [0.05, 0.1) is 0 Å². The van der Waals surface area contributed by atoms with Crippen molar-refractivity contribution in [1.82, 2.24) is 0 Å². The zero-order chi connectivity index (χ0) is 62.8. The third-order valence-corrected chi connectivity index (χ3v) is 17.7. The predicted octanol–water partition coefficient (Wildman–Crippen LogP) is 25.5. The number of hydrogen-bond acceptors (Lipinski definition) is 4. The lowest BCUT2D eigenvalue weighted by molar-refractivity contribution is 0.997. The largest absolute Gasteiger partial charge is 0.311 e. The van der Waals surface area contributed by atoms with Gasteiger partial charge in [-0.3, -0.25) is 0 Å². The van der Waals surface area contributed by atoms with E-state index in [1.807, 2.05) is 0 Å². The highest BCUT2D eigenvalue weighted by molar-refractivity contribution is 5.85. The minimum Gasteiger partial charge on any atom is -0.311 e. The zero-order valence-corrected chi connectivity index (χ0v) is 52.2. The lowest BCUT2D eigenvalue weighted by atomic mass is 9.99. The molecule has 4 nitrogen and oxygen atoms in total. The van der Waals surface area contributed by atoms with Crippen molar-refractivity contribution >= 4 is 62.6 Å². The molecular weight excluding hydrogens is 1140 g/mol.